The predicted molar refractivity (Wildman–Crippen MR) is 122 cm³/mol. The van der Waals surface area contributed by atoms with Crippen LogP contribution in [0.25, 0.3) is 10.9 Å². The number of rotatable bonds is 6. The summed E-state index contributed by atoms with van der Waals surface area (Å²) in [4.78, 5) is 30.8. The van der Waals surface area contributed by atoms with Crippen LogP contribution in [-0.2, 0) is 11.3 Å². The fourth-order valence-electron chi connectivity index (χ4n) is 3.87. The maximum atomic E-state index is 13.2. The monoisotopic (exact) mass is 472 g/mol. The summed E-state index contributed by atoms with van der Waals surface area (Å²) in [5.41, 5.74) is 0.885. The molecule has 2 aromatic carbocycles. The Bertz CT molecular complexity index is 1240. The van der Waals surface area contributed by atoms with Gasteiger partial charge in [-0.2, -0.15) is 0 Å². The molecule has 7 nitrogen and oxygen atoms in total. The molecule has 1 aromatic heterocycles. The van der Waals surface area contributed by atoms with Gasteiger partial charge in [-0.25, -0.2) is 4.98 Å². The fraction of sp³-hybridized carbons (Fsp3) is 0.348. The Morgan fingerprint density at radius 2 is 1.97 bits per heavy atom. The first-order valence-electron chi connectivity index (χ1n) is 10.5. The maximum absolute atomic E-state index is 13.2. The molecule has 0 saturated carbocycles. The van der Waals surface area contributed by atoms with Gasteiger partial charge in [0.1, 0.15) is 13.2 Å². The van der Waals surface area contributed by atoms with Crippen molar-refractivity contribution in [3.63, 3.8) is 0 Å². The molecule has 1 unspecified atom stereocenters. The zero-order valence-corrected chi connectivity index (χ0v) is 18.8. The van der Waals surface area contributed by atoms with Gasteiger partial charge in [-0.05, 0) is 49.2 Å². The van der Waals surface area contributed by atoms with Crippen molar-refractivity contribution < 1.29 is 19.0 Å². The van der Waals surface area contributed by atoms with Crippen molar-refractivity contribution >= 4 is 40.0 Å². The van der Waals surface area contributed by atoms with Crippen LogP contribution in [0.5, 0.6) is 11.5 Å². The van der Waals surface area contributed by atoms with Crippen LogP contribution in [0.1, 0.15) is 23.2 Å². The molecule has 1 atom stereocenters. The van der Waals surface area contributed by atoms with Gasteiger partial charge in [-0.3, -0.25) is 14.2 Å². The lowest BCUT2D eigenvalue weighted by Gasteiger charge is -2.18. The van der Waals surface area contributed by atoms with Crippen LogP contribution in [0, 0.1) is 0 Å². The smallest absolute Gasteiger partial charge is 0.262 e. The van der Waals surface area contributed by atoms with E-state index in [9.17, 15) is 9.59 Å². The van der Waals surface area contributed by atoms with E-state index < -0.39 is 0 Å². The number of carbonyl (C=O) groups is 1. The number of ketones is 1. The number of benzene rings is 2. The highest BCUT2D eigenvalue weighted by molar-refractivity contribution is 7.99. The molecule has 3 aromatic rings. The summed E-state index contributed by atoms with van der Waals surface area (Å²) in [5.74, 6) is 1.25. The minimum atomic E-state index is -0.156. The van der Waals surface area contributed by atoms with Gasteiger partial charge in [0.2, 0.25) is 0 Å². The average Bonchev–Trinajstić information content (AvgIpc) is 3.32. The van der Waals surface area contributed by atoms with Crippen molar-refractivity contribution in [2.24, 2.45) is 0 Å². The average molecular weight is 473 g/mol. The van der Waals surface area contributed by atoms with Crippen molar-refractivity contribution in [1.29, 1.82) is 0 Å². The van der Waals surface area contributed by atoms with Gasteiger partial charge in [-0.1, -0.05) is 23.4 Å². The molecular formula is C23H21ClN2O5S. The number of hydrogen-bond donors (Lipinski definition) is 0. The van der Waals surface area contributed by atoms with E-state index >= 15 is 0 Å². The van der Waals surface area contributed by atoms with Crippen LogP contribution >= 0.6 is 23.4 Å². The van der Waals surface area contributed by atoms with Gasteiger partial charge in [0, 0.05) is 17.2 Å². The number of aromatic nitrogens is 2. The zero-order valence-electron chi connectivity index (χ0n) is 17.2. The Hall–Kier alpha value is -2.55. The van der Waals surface area contributed by atoms with E-state index in [1.807, 2.05) is 0 Å². The van der Waals surface area contributed by atoms with E-state index in [4.69, 9.17) is 25.8 Å². The van der Waals surface area contributed by atoms with Crippen LogP contribution in [-0.4, -0.2) is 47.0 Å². The summed E-state index contributed by atoms with van der Waals surface area (Å²) in [6.07, 6.45) is 1.83. The standard InChI is InChI=1S/C23H21ClN2O5S/c24-15-4-5-17-18(11-15)25-23(26(22(17)28)12-16-2-1-7-29-16)32-13-19(27)14-3-6-20-21(10-14)31-9-8-30-20/h3-6,10-11,16H,1-2,7-9,12-13H2. The molecule has 1 fully saturated rings. The molecule has 32 heavy (non-hydrogen) atoms. The molecule has 2 aliphatic heterocycles. The van der Waals surface area contributed by atoms with Crippen LogP contribution in [0.2, 0.25) is 5.02 Å². The van der Waals surface area contributed by atoms with Gasteiger partial charge >= 0.3 is 0 Å². The second-order valence-corrected chi connectivity index (χ2v) is 9.06. The molecule has 0 spiro atoms. The Morgan fingerprint density at radius 3 is 2.78 bits per heavy atom. The molecule has 3 heterocycles. The Morgan fingerprint density at radius 1 is 1.12 bits per heavy atom. The summed E-state index contributed by atoms with van der Waals surface area (Å²) in [5, 5.41) is 1.48. The fourth-order valence-corrected chi connectivity index (χ4v) is 4.94. The van der Waals surface area contributed by atoms with Gasteiger partial charge in [0.15, 0.2) is 22.4 Å². The first-order valence-corrected chi connectivity index (χ1v) is 11.8. The van der Waals surface area contributed by atoms with Crippen LogP contribution in [0.15, 0.2) is 46.3 Å². The molecule has 0 radical (unpaired) electrons. The Kier molecular flexibility index (Phi) is 6.08. The first-order chi connectivity index (χ1) is 15.6. The summed E-state index contributed by atoms with van der Waals surface area (Å²) >= 11 is 7.35. The largest absolute Gasteiger partial charge is 0.486 e. The molecule has 2 aliphatic rings. The van der Waals surface area contributed by atoms with Crippen molar-refractivity contribution in [2.75, 3.05) is 25.6 Å². The molecule has 5 rings (SSSR count). The summed E-state index contributed by atoms with van der Waals surface area (Å²) in [6, 6.07) is 10.2. The number of ether oxygens (including phenoxy) is 3. The molecule has 0 N–H and O–H groups in total. The normalized spacial score (nSPS) is 17.6. The maximum Gasteiger partial charge on any atom is 0.262 e. The topological polar surface area (TPSA) is 79.7 Å². The number of Topliss-reactive ketones (excluding diaryl/α,β-unsaturated/α-hetero) is 1. The lowest BCUT2D eigenvalue weighted by Crippen LogP contribution is -2.29. The number of nitrogens with zero attached hydrogens (tertiary/aromatic N) is 2. The van der Waals surface area contributed by atoms with Crippen LogP contribution in [0.3, 0.4) is 0 Å². The number of fused-ring (bicyclic) bond motifs is 2. The van der Waals surface area contributed by atoms with E-state index in [1.54, 1.807) is 41.0 Å². The van der Waals surface area contributed by atoms with E-state index in [0.29, 0.717) is 64.5 Å². The van der Waals surface area contributed by atoms with E-state index in [0.717, 1.165) is 12.8 Å². The quantitative estimate of drug-likeness (QED) is 0.305. The highest BCUT2D eigenvalue weighted by atomic mass is 35.5. The van der Waals surface area contributed by atoms with E-state index in [1.165, 1.54) is 11.8 Å². The molecule has 1 saturated heterocycles. The Balaban J connectivity index is 1.43. The summed E-state index contributed by atoms with van der Waals surface area (Å²) in [6.45, 7) is 2.06. The van der Waals surface area contributed by atoms with Crippen LogP contribution < -0.4 is 15.0 Å². The number of thioether (sulfide) groups is 1. The van der Waals surface area contributed by atoms with Gasteiger partial charge in [-0.15, -0.1) is 0 Å². The van der Waals surface area contributed by atoms with Crippen molar-refractivity contribution in [2.45, 2.75) is 30.6 Å². The van der Waals surface area contributed by atoms with Crippen LogP contribution in [0.4, 0.5) is 0 Å². The highest BCUT2D eigenvalue weighted by Crippen LogP contribution is 2.31. The minimum absolute atomic E-state index is 0.0351. The van der Waals surface area contributed by atoms with Crippen molar-refractivity contribution in [3.8, 4) is 11.5 Å². The van der Waals surface area contributed by atoms with E-state index in [2.05, 4.69) is 4.98 Å². The highest BCUT2D eigenvalue weighted by Gasteiger charge is 2.21. The Labute approximate surface area is 193 Å². The SMILES string of the molecule is O=C(CSc1nc2cc(Cl)ccc2c(=O)n1CC1CCCO1)c1ccc2c(c1)OCCO2. The summed E-state index contributed by atoms with van der Waals surface area (Å²) < 4.78 is 18.4. The minimum Gasteiger partial charge on any atom is -0.486 e. The second kappa shape index (κ2) is 9.13. The first kappa shape index (κ1) is 21.3. The number of hydrogen-bond acceptors (Lipinski definition) is 7. The van der Waals surface area contributed by atoms with Gasteiger partial charge < -0.3 is 14.2 Å². The van der Waals surface area contributed by atoms with E-state index in [-0.39, 0.29) is 23.2 Å². The lowest BCUT2D eigenvalue weighted by molar-refractivity contribution is 0.0937. The molecule has 0 amide bonds. The summed E-state index contributed by atoms with van der Waals surface area (Å²) in [7, 11) is 0. The molecular weight excluding hydrogens is 452 g/mol. The van der Waals surface area contributed by atoms with Gasteiger partial charge in [0.05, 0.1) is 29.3 Å². The number of halogens is 1. The van der Waals surface area contributed by atoms with Crippen molar-refractivity contribution in [1.82, 2.24) is 9.55 Å². The lowest BCUT2D eigenvalue weighted by atomic mass is 10.1. The second-order valence-electron chi connectivity index (χ2n) is 7.68. The zero-order chi connectivity index (χ0) is 22.1. The molecule has 0 bridgehead atoms. The predicted octanol–water partition coefficient (Wildman–Crippen LogP) is 3.98. The molecule has 0 aliphatic carbocycles. The number of carbonyl (C=O) groups excluding carboxylic acids is 1. The third kappa shape index (κ3) is 4.35. The molecule has 9 heteroatoms. The van der Waals surface area contributed by atoms with Crippen molar-refractivity contribution in [3.05, 3.63) is 57.3 Å². The molecule has 166 valence electrons. The third-order valence-corrected chi connectivity index (χ3v) is 6.70. The van der Waals surface area contributed by atoms with Gasteiger partial charge in [0.25, 0.3) is 5.56 Å². The third-order valence-electron chi connectivity index (χ3n) is 5.49.